The monoisotopic (exact) mass is 272 g/mol. The number of alkyl halides is 3. The molecule has 0 spiro atoms. The summed E-state index contributed by atoms with van der Waals surface area (Å²) in [6.45, 7) is -3.13. The van der Waals surface area contributed by atoms with E-state index in [0.29, 0.717) is 0 Å². The first-order valence-electron chi connectivity index (χ1n) is 3.54. The molecule has 0 heterocycles. The molecule has 0 aromatic heterocycles. The molecular formula is C8H5BrF4O. The van der Waals surface area contributed by atoms with Crippen molar-refractivity contribution in [2.75, 3.05) is 0 Å². The average Bonchev–Trinajstić information content (AvgIpc) is 2.10. The second-order valence-electron chi connectivity index (χ2n) is 2.35. The lowest BCUT2D eigenvalue weighted by Crippen LogP contribution is -2.05. The summed E-state index contributed by atoms with van der Waals surface area (Å²) >= 11 is 2.84. The second kappa shape index (κ2) is 4.63. The van der Waals surface area contributed by atoms with Gasteiger partial charge >= 0.3 is 6.61 Å². The van der Waals surface area contributed by atoms with Gasteiger partial charge in [-0.3, -0.25) is 0 Å². The molecule has 6 heteroatoms. The van der Waals surface area contributed by atoms with Crippen LogP contribution in [0.4, 0.5) is 17.6 Å². The maximum absolute atomic E-state index is 13.2. The van der Waals surface area contributed by atoms with Gasteiger partial charge < -0.3 is 4.74 Å². The van der Waals surface area contributed by atoms with Gasteiger partial charge in [0, 0.05) is 10.9 Å². The van der Waals surface area contributed by atoms with E-state index in [2.05, 4.69) is 20.7 Å². The third-order valence-corrected chi connectivity index (χ3v) is 2.06. The van der Waals surface area contributed by atoms with E-state index in [0.717, 1.165) is 12.1 Å². The van der Waals surface area contributed by atoms with Crippen LogP contribution in [0.2, 0.25) is 0 Å². The summed E-state index contributed by atoms with van der Waals surface area (Å²) in [7, 11) is 0. The molecule has 0 bridgehead atoms. The lowest BCUT2D eigenvalue weighted by Gasteiger charge is -2.08. The van der Waals surface area contributed by atoms with Crippen LogP contribution in [-0.4, -0.2) is 6.61 Å². The van der Waals surface area contributed by atoms with Crippen molar-refractivity contribution in [3.63, 3.8) is 0 Å². The normalized spacial score (nSPS) is 10.7. The molecule has 0 aliphatic heterocycles. The molecule has 0 radical (unpaired) electrons. The molecule has 0 unspecified atom stereocenters. The van der Waals surface area contributed by atoms with Crippen molar-refractivity contribution < 1.29 is 22.3 Å². The predicted molar refractivity (Wildman–Crippen MR) is 45.6 cm³/mol. The topological polar surface area (TPSA) is 9.23 Å². The Labute approximate surface area is 85.8 Å². The molecule has 0 aliphatic rings. The van der Waals surface area contributed by atoms with E-state index in [1.165, 1.54) is 0 Å². The van der Waals surface area contributed by atoms with Crippen molar-refractivity contribution in [1.82, 2.24) is 0 Å². The molecule has 0 aliphatic carbocycles. The molecule has 0 atom stereocenters. The first-order chi connectivity index (χ1) is 6.56. The number of hydrogen-bond donors (Lipinski definition) is 0. The highest BCUT2D eigenvalue weighted by Gasteiger charge is 2.16. The van der Waals surface area contributed by atoms with Gasteiger partial charge in [0.2, 0.25) is 0 Å². The van der Waals surface area contributed by atoms with E-state index in [1.54, 1.807) is 0 Å². The van der Waals surface area contributed by atoms with Crippen LogP contribution in [-0.2, 0) is 5.33 Å². The van der Waals surface area contributed by atoms with Crippen LogP contribution in [0.15, 0.2) is 12.1 Å². The largest absolute Gasteiger partial charge is 0.432 e. The highest BCUT2D eigenvalue weighted by atomic mass is 79.9. The predicted octanol–water partition coefficient (Wildman–Crippen LogP) is 3.46. The molecular weight excluding hydrogens is 268 g/mol. The van der Waals surface area contributed by atoms with Crippen LogP contribution in [0.5, 0.6) is 5.75 Å². The summed E-state index contributed by atoms with van der Waals surface area (Å²) in [6, 6.07) is 1.69. The molecule has 0 fully saturated rings. The van der Waals surface area contributed by atoms with Gasteiger partial charge in [0.25, 0.3) is 0 Å². The van der Waals surface area contributed by atoms with E-state index in [-0.39, 0.29) is 10.9 Å². The van der Waals surface area contributed by atoms with Gasteiger partial charge in [-0.25, -0.2) is 8.78 Å². The second-order valence-corrected chi connectivity index (χ2v) is 2.91. The van der Waals surface area contributed by atoms with E-state index >= 15 is 0 Å². The zero-order valence-corrected chi connectivity index (χ0v) is 8.32. The summed E-state index contributed by atoms with van der Waals surface area (Å²) in [6.07, 6.45) is 0. The quantitative estimate of drug-likeness (QED) is 0.605. The molecule has 0 saturated carbocycles. The third-order valence-electron chi connectivity index (χ3n) is 1.50. The van der Waals surface area contributed by atoms with Gasteiger partial charge in [-0.1, -0.05) is 15.9 Å². The molecule has 78 valence electrons. The van der Waals surface area contributed by atoms with Crippen LogP contribution in [0.25, 0.3) is 0 Å². The summed E-state index contributed by atoms with van der Waals surface area (Å²) in [4.78, 5) is 0. The third kappa shape index (κ3) is 2.37. The first kappa shape index (κ1) is 11.3. The molecule has 0 amide bonds. The number of benzene rings is 1. The minimum atomic E-state index is -3.13. The molecule has 0 saturated heterocycles. The molecule has 1 rings (SSSR count). The van der Waals surface area contributed by atoms with Crippen LogP contribution in [0.1, 0.15) is 5.56 Å². The van der Waals surface area contributed by atoms with Crippen LogP contribution >= 0.6 is 15.9 Å². The smallest absolute Gasteiger partial charge is 0.387 e. The van der Waals surface area contributed by atoms with Gasteiger partial charge in [0.1, 0.15) is 5.82 Å². The highest BCUT2D eigenvalue weighted by Crippen LogP contribution is 2.26. The molecule has 0 N–H and O–H groups in total. The summed E-state index contributed by atoms with van der Waals surface area (Å²) < 4.78 is 53.4. The Morgan fingerprint density at radius 1 is 1.29 bits per heavy atom. The van der Waals surface area contributed by atoms with Crippen molar-refractivity contribution in [3.8, 4) is 5.75 Å². The zero-order chi connectivity index (χ0) is 10.7. The molecule has 1 aromatic rings. The van der Waals surface area contributed by atoms with Gasteiger partial charge in [-0.15, -0.1) is 0 Å². The van der Waals surface area contributed by atoms with E-state index in [9.17, 15) is 17.6 Å². The minimum Gasteiger partial charge on any atom is -0.432 e. The van der Waals surface area contributed by atoms with Crippen molar-refractivity contribution >= 4 is 15.9 Å². The van der Waals surface area contributed by atoms with Crippen molar-refractivity contribution in [2.24, 2.45) is 0 Å². The Morgan fingerprint density at radius 3 is 2.43 bits per heavy atom. The lowest BCUT2D eigenvalue weighted by molar-refractivity contribution is -0.0523. The Hall–Kier alpha value is -0.780. The summed E-state index contributed by atoms with van der Waals surface area (Å²) in [5.74, 6) is -2.57. The fourth-order valence-electron chi connectivity index (χ4n) is 0.886. The average molecular weight is 273 g/mol. The lowest BCUT2D eigenvalue weighted by atomic mass is 10.2. The Morgan fingerprint density at radius 2 is 1.93 bits per heavy atom. The van der Waals surface area contributed by atoms with E-state index in [4.69, 9.17) is 0 Å². The fraction of sp³-hybridized carbons (Fsp3) is 0.250. The van der Waals surface area contributed by atoms with Crippen molar-refractivity contribution in [2.45, 2.75) is 11.9 Å². The first-order valence-corrected chi connectivity index (χ1v) is 4.66. The summed E-state index contributed by atoms with van der Waals surface area (Å²) in [5.41, 5.74) is -0.330. The molecule has 1 nitrogen and oxygen atoms in total. The Bertz CT molecular complexity index is 329. The van der Waals surface area contributed by atoms with Gasteiger partial charge in [0.15, 0.2) is 11.6 Å². The van der Waals surface area contributed by atoms with Crippen molar-refractivity contribution in [3.05, 3.63) is 29.3 Å². The standard InChI is InChI=1S/C8H5BrF4O/c9-3-4-5(10)1-2-6(7(4)11)14-8(12)13/h1-2,8H,3H2. The minimum absolute atomic E-state index is 0.106. The van der Waals surface area contributed by atoms with E-state index in [1.807, 2.05) is 0 Å². The fourth-order valence-corrected chi connectivity index (χ4v) is 1.40. The molecule has 1 aromatic carbocycles. The Balaban J connectivity index is 3.08. The highest BCUT2D eigenvalue weighted by molar-refractivity contribution is 9.08. The van der Waals surface area contributed by atoms with Crippen LogP contribution in [0, 0.1) is 11.6 Å². The van der Waals surface area contributed by atoms with Crippen molar-refractivity contribution in [1.29, 1.82) is 0 Å². The molecule has 14 heavy (non-hydrogen) atoms. The van der Waals surface area contributed by atoms with E-state index < -0.39 is 24.0 Å². The maximum atomic E-state index is 13.2. The van der Waals surface area contributed by atoms with Crippen LogP contribution in [0.3, 0.4) is 0 Å². The number of rotatable bonds is 3. The SMILES string of the molecule is Fc1ccc(OC(F)F)c(F)c1CBr. The zero-order valence-electron chi connectivity index (χ0n) is 6.74. The Kier molecular flexibility index (Phi) is 3.74. The van der Waals surface area contributed by atoms with Crippen LogP contribution < -0.4 is 4.74 Å². The number of halogens is 5. The van der Waals surface area contributed by atoms with Gasteiger partial charge in [-0.05, 0) is 12.1 Å². The van der Waals surface area contributed by atoms with Gasteiger partial charge in [0.05, 0.1) is 0 Å². The van der Waals surface area contributed by atoms with Gasteiger partial charge in [-0.2, -0.15) is 8.78 Å². The maximum Gasteiger partial charge on any atom is 0.387 e. The number of hydrogen-bond acceptors (Lipinski definition) is 1. The summed E-state index contributed by atoms with van der Waals surface area (Å²) in [5, 5.41) is -0.106. The number of ether oxygens (including phenoxy) is 1.